The minimum atomic E-state index is -0.0142. The van der Waals surface area contributed by atoms with E-state index >= 15 is 0 Å². The van der Waals surface area contributed by atoms with Crippen LogP contribution in [-0.4, -0.2) is 42.4 Å². The summed E-state index contributed by atoms with van der Waals surface area (Å²) in [5.74, 6) is 0.125. The summed E-state index contributed by atoms with van der Waals surface area (Å²) in [5, 5.41) is 5.01. The van der Waals surface area contributed by atoms with Gasteiger partial charge in [0.05, 0.1) is 0 Å². The van der Waals surface area contributed by atoms with E-state index in [4.69, 9.17) is 5.73 Å². The van der Waals surface area contributed by atoms with Gasteiger partial charge in [-0.1, -0.05) is 36.4 Å². The van der Waals surface area contributed by atoms with Crippen LogP contribution in [0.15, 0.2) is 42.5 Å². The van der Waals surface area contributed by atoms with Crippen molar-refractivity contribution in [3.05, 3.63) is 48.0 Å². The maximum Gasteiger partial charge on any atom is 0.254 e. The number of hydrogen-bond donors (Lipinski definition) is 2. The lowest BCUT2D eigenvalue weighted by Crippen LogP contribution is -2.43. The van der Waals surface area contributed by atoms with E-state index in [9.17, 15) is 9.59 Å². The van der Waals surface area contributed by atoms with Crippen molar-refractivity contribution in [2.24, 2.45) is 11.7 Å². The van der Waals surface area contributed by atoms with Crippen molar-refractivity contribution in [3.63, 3.8) is 0 Å². The van der Waals surface area contributed by atoms with Gasteiger partial charge in [0, 0.05) is 37.2 Å². The van der Waals surface area contributed by atoms with E-state index in [1.807, 2.05) is 54.3 Å². The van der Waals surface area contributed by atoms with Gasteiger partial charge >= 0.3 is 0 Å². The van der Waals surface area contributed by atoms with E-state index in [0.717, 1.165) is 22.8 Å². The van der Waals surface area contributed by atoms with Crippen LogP contribution >= 0.6 is 0 Å². The fourth-order valence-corrected chi connectivity index (χ4v) is 3.49. The molecule has 1 aliphatic rings. The van der Waals surface area contributed by atoms with Crippen LogP contribution in [0, 0.1) is 5.92 Å². The Morgan fingerprint density at radius 1 is 1.15 bits per heavy atom. The summed E-state index contributed by atoms with van der Waals surface area (Å²) in [5.41, 5.74) is 6.45. The van der Waals surface area contributed by atoms with E-state index in [1.54, 1.807) is 0 Å². The number of hydrogen-bond acceptors (Lipinski definition) is 3. The van der Waals surface area contributed by atoms with E-state index in [-0.39, 0.29) is 23.8 Å². The highest BCUT2D eigenvalue weighted by molar-refractivity contribution is 6.07. The first-order valence-electron chi connectivity index (χ1n) is 9.36. The summed E-state index contributed by atoms with van der Waals surface area (Å²) in [6, 6.07) is 13.9. The van der Waals surface area contributed by atoms with Gasteiger partial charge in [0.1, 0.15) is 0 Å². The molecule has 1 saturated heterocycles. The van der Waals surface area contributed by atoms with Crippen molar-refractivity contribution in [1.29, 1.82) is 0 Å². The maximum absolute atomic E-state index is 12.9. The summed E-state index contributed by atoms with van der Waals surface area (Å²) in [7, 11) is 0. The van der Waals surface area contributed by atoms with Gasteiger partial charge in [-0.2, -0.15) is 0 Å². The van der Waals surface area contributed by atoms with E-state index < -0.39 is 0 Å². The van der Waals surface area contributed by atoms with Crippen LogP contribution in [0.2, 0.25) is 0 Å². The molecular formula is C21H27N3O2. The van der Waals surface area contributed by atoms with Gasteiger partial charge in [-0.05, 0) is 43.0 Å². The van der Waals surface area contributed by atoms with E-state index in [0.29, 0.717) is 32.5 Å². The van der Waals surface area contributed by atoms with Crippen molar-refractivity contribution >= 4 is 22.6 Å². The molecule has 138 valence electrons. The number of nitrogens with zero attached hydrogens (tertiary/aromatic N) is 1. The number of fused-ring (bicyclic) bond motifs is 1. The van der Waals surface area contributed by atoms with Crippen LogP contribution in [-0.2, 0) is 4.79 Å². The SMILES string of the molecule is CC(N)CCNC(=O)C1CCN(C(=O)c2cccc3ccccc23)CC1. The highest BCUT2D eigenvalue weighted by atomic mass is 16.2. The monoisotopic (exact) mass is 353 g/mol. The van der Waals surface area contributed by atoms with Crippen LogP contribution < -0.4 is 11.1 Å². The number of amides is 2. The summed E-state index contributed by atoms with van der Waals surface area (Å²) in [6.07, 6.45) is 2.20. The molecule has 2 aromatic rings. The second kappa shape index (κ2) is 8.32. The molecule has 0 saturated carbocycles. The van der Waals surface area contributed by atoms with Gasteiger partial charge in [-0.15, -0.1) is 0 Å². The minimum absolute atomic E-state index is 0.0142. The third-order valence-corrected chi connectivity index (χ3v) is 5.07. The number of piperidine rings is 1. The standard InChI is InChI=1S/C21H27N3O2/c1-15(22)9-12-23-20(25)17-10-13-24(14-11-17)21(26)19-8-4-6-16-5-2-3-7-18(16)19/h2-8,15,17H,9-14,22H2,1H3,(H,23,25). The van der Waals surface area contributed by atoms with E-state index in [1.165, 1.54) is 0 Å². The second-order valence-electron chi connectivity index (χ2n) is 7.15. The average Bonchev–Trinajstić information content (AvgIpc) is 2.66. The molecule has 2 aromatic carbocycles. The largest absolute Gasteiger partial charge is 0.356 e. The summed E-state index contributed by atoms with van der Waals surface area (Å²) in [4.78, 5) is 27.1. The highest BCUT2D eigenvalue weighted by Gasteiger charge is 2.28. The Hall–Kier alpha value is -2.40. The van der Waals surface area contributed by atoms with Gasteiger partial charge in [0.15, 0.2) is 0 Å². The quantitative estimate of drug-likeness (QED) is 0.867. The van der Waals surface area contributed by atoms with Crippen LogP contribution in [0.1, 0.15) is 36.5 Å². The molecule has 26 heavy (non-hydrogen) atoms. The molecule has 5 nitrogen and oxygen atoms in total. The molecule has 5 heteroatoms. The van der Waals surface area contributed by atoms with Crippen molar-refractivity contribution in [1.82, 2.24) is 10.2 Å². The van der Waals surface area contributed by atoms with Gasteiger partial charge in [-0.25, -0.2) is 0 Å². The second-order valence-corrected chi connectivity index (χ2v) is 7.15. The first-order valence-corrected chi connectivity index (χ1v) is 9.36. The Morgan fingerprint density at radius 2 is 1.85 bits per heavy atom. The molecule has 0 radical (unpaired) electrons. The Labute approximate surface area is 154 Å². The average molecular weight is 353 g/mol. The van der Waals surface area contributed by atoms with Crippen molar-refractivity contribution in [3.8, 4) is 0 Å². The Morgan fingerprint density at radius 3 is 2.58 bits per heavy atom. The summed E-state index contributed by atoms with van der Waals surface area (Å²) < 4.78 is 0. The van der Waals surface area contributed by atoms with E-state index in [2.05, 4.69) is 5.32 Å². The molecule has 1 aliphatic heterocycles. The highest BCUT2D eigenvalue weighted by Crippen LogP contribution is 2.23. The van der Waals surface area contributed by atoms with Gasteiger partial charge in [0.25, 0.3) is 5.91 Å². The summed E-state index contributed by atoms with van der Waals surface area (Å²) in [6.45, 7) is 3.79. The molecule has 3 N–H and O–H groups in total. The Bertz CT molecular complexity index is 774. The van der Waals surface area contributed by atoms with Gasteiger partial charge in [0.2, 0.25) is 5.91 Å². The number of rotatable bonds is 5. The molecule has 0 bridgehead atoms. The molecule has 1 fully saturated rings. The zero-order valence-corrected chi connectivity index (χ0v) is 15.3. The first-order chi connectivity index (χ1) is 12.6. The lowest BCUT2D eigenvalue weighted by molar-refractivity contribution is -0.126. The van der Waals surface area contributed by atoms with Crippen molar-refractivity contribution in [2.75, 3.05) is 19.6 Å². The number of carbonyl (C=O) groups is 2. The molecule has 2 amide bonds. The van der Waals surface area contributed by atoms with Crippen LogP contribution in [0.4, 0.5) is 0 Å². The van der Waals surface area contributed by atoms with Crippen molar-refractivity contribution in [2.45, 2.75) is 32.2 Å². The maximum atomic E-state index is 12.9. The number of nitrogens with two attached hydrogens (primary N) is 1. The fraction of sp³-hybridized carbons (Fsp3) is 0.429. The van der Waals surface area contributed by atoms with Crippen LogP contribution in [0.5, 0.6) is 0 Å². The summed E-state index contributed by atoms with van der Waals surface area (Å²) >= 11 is 0. The van der Waals surface area contributed by atoms with Crippen LogP contribution in [0.25, 0.3) is 10.8 Å². The van der Waals surface area contributed by atoms with Crippen LogP contribution in [0.3, 0.4) is 0 Å². The predicted molar refractivity (Wildman–Crippen MR) is 104 cm³/mol. The van der Waals surface area contributed by atoms with Gasteiger partial charge < -0.3 is 16.0 Å². The van der Waals surface area contributed by atoms with Gasteiger partial charge in [-0.3, -0.25) is 9.59 Å². The lowest BCUT2D eigenvalue weighted by Gasteiger charge is -2.31. The number of likely N-dealkylation sites (tertiary alicyclic amines) is 1. The first kappa shape index (κ1) is 18.4. The lowest BCUT2D eigenvalue weighted by atomic mass is 9.94. The smallest absolute Gasteiger partial charge is 0.254 e. The number of benzene rings is 2. The zero-order chi connectivity index (χ0) is 18.5. The fourth-order valence-electron chi connectivity index (χ4n) is 3.49. The zero-order valence-electron chi connectivity index (χ0n) is 15.3. The normalized spacial score (nSPS) is 16.5. The molecule has 1 unspecified atom stereocenters. The molecule has 0 aliphatic carbocycles. The topological polar surface area (TPSA) is 75.4 Å². The third kappa shape index (κ3) is 4.22. The van der Waals surface area contributed by atoms with Crippen molar-refractivity contribution < 1.29 is 9.59 Å². The number of carbonyl (C=O) groups excluding carboxylic acids is 2. The molecule has 1 atom stereocenters. The Kier molecular flexibility index (Phi) is 5.89. The molecule has 0 spiro atoms. The molecule has 0 aromatic heterocycles. The minimum Gasteiger partial charge on any atom is -0.356 e. The molecule has 1 heterocycles. The number of nitrogens with one attached hydrogen (secondary N) is 1. The molecular weight excluding hydrogens is 326 g/mol. The molecule has 3 rings (SSSR count). The predicted octanol–water partition coefficient (Wildman–Crippen LogP) is 2.55. The third-order valence-electron chi connectivity index (χ3n) is 5.07. The Balaban J connectivity index is 1.59.